The Labute approximate surface area is 80.2 Å². The van der Waals surface area contributed by atoms with Crippen LogP contribution in [0.3, 0.4) is 0 Å². The highest BCUT2D eigenvalue weighted by molar-refractivity contribution is 5.34. The molecule has 0 saturated carbocycles. The number of pyridine rings is 1. The fraction of sp³-hybridized carbons (Fsp3) is 0.417. The summed E-state index contributed by atoms with van der Waals surface area (Å²) in [7, 11) is 0. The second kappa shape index (κ2) is 5.37. The van der Waals surface area contributed by atoms with Crippen LogP contribution in [0.15, 0.2) is 18.3 Å². The molecule has 0 aliphatic rings. The number of aryl methyl sites for hydroxylation is 1. The molecule has 1 aromatic rings. The van der Waals surface area contributed by atoms with Crippen molar-refractivity contribution in [1.82, 2.24) is 4.98 Å². The van der Waals surface area contributed by atoms with Crippen LogP contribution in [0.4, 0.5) is 0 Å². The summed E-state index contributed by atoms with van der Waals surface area (Å²) < 4.78 is 0. The lowest BCUT2D eigenvalue weighted by Gasteiger charge is -1.94. The van der Waals surface area contributed by atoms with Gasteiger partial charge in [0.25, 0.3) is 0 Å². The van der Waals surface area contributed by atoms with Gasteiger partial charge in [0, 0.05) is 23.9 Å². The molecule has 0 N–H and O–H groups in total. The molecule has 0 atom stereocenters. The van der Waals surface area contributed by atoms with Gasteiger partial charge < -0.3 is 0 Å². The first-order valence-electron chi connectivity index (χ1n) is 4.80. The predicted octanol–water partition coefficient (Wildman–Crippen LogP) is 2.80. The van der Waals surface area contributed by atoms with Gasteiger partial charge in [-0.05, 0) is 25.0 Å². The van der Waals surface area contributed by atoms with Crippen molar-refractivity contribution < 1.29 is 0 Å². The van der Waals surface area contributed by atoms with E-state index < -0.39 is 0 Å². The highest BCUT2D eigenvalue weighted by Gasteiger charge is 1.90. The third kappa shape index (κ3) is 3.29. The third-order valence-electron chi connectivity index (χ3n) is 1.79. The van der Waals surface area contributed by atoms with Gasteiger partial charge in [0.1, 0.15) is 0 Å². The summed E-state index contributed by atoms with van der Waals surface area (Å²) in [4.78, 5) is 4.22. The maximum atomic E-state index is 4.22. The van der Waals surface area contributed by atoms with Crippen LogP contribution in [0.1, 0.15) is 37.9 Å². The van der Waals surface area contributed by atoms with Gasteiger partial charge in [-0.2, -0.15) is 0 Å². The van der Waals surface area contributed by atoms with Crippen LogP contribution in [0, 0.1) is 11.8 Å². The maximum Gasteiger partial charge on any atom is 0.0413 e. The molecule has 0 fully saturated rings. The van der Waals surface area contributed by atoms with Gasteiger partial charge in [0.2, 0.25) is 0 Å². The summed E-state index contributed by atoms with van der Waals surface area (Å²) in [6.45, 7) is 4.24. The SMILES string of the molecule is CCCC#Cc1ccnc(CC)c1. The van der Waals surface area contributed by atoms with Gasteiger partial charge in [-0.15, -0.1) is 0 Å². The van der Waals surface area contributed by atoms with E-state index in [2.05, 4.69) is 36.7 Å². The van der Waals surface area contributed by atoms with Gasteiger partial charge in [-0.25, -0.2) is 0 Å². The van der Waals surface area contributed by atoms with Crippen LogP contribution in [0.2, 0.25) is 0 Å². The Hall–Kier alpha value is -1.29. The van der Waals surface area contributed by atoms with Crippen LogP contribution in [-0.2, 0) is 6.42 Å². The lowest BCUT2D eigenvalue weighted by Crippen LogP contribution is -1.86. The molecule has 1 heteroatoms. The second-order valence-corrected chi connectivity index (χ2v) is 2.94. The lowest BCUT2D eigenvalue weighted by atomic mass is 10.2. The van der Waals surface area contributed by atoms with Gasteiger partial charge in [-0.1, -0.05) is 25.7 Å². The van der Waals surface area contributed by atoms with Gasteiger partial charge in [0.15, 0.2) is 0 Å². The molecular weight excluding hydrogens is 158 g/mol. The first-order valence-corrected chi connectivity index (χ1v) is 4.80. The van der Waals surface area contributed by atoms with E-state index in [1.54, 1.807) is 0 Å². The molecule has 0 unspecified atom stereocenters. The molecule has 0 radical (unpaired) electrons. The zero-order valence-corrected chi connectivity index (χ0v) is 8.30. The monoisotopic (exact) mass is 173 g/mol. The van der Waals surface area contributed by atoms with E-state index in [4.69, 9.17) is 0 Å². The molecule has 68 valence electrons. The normalized spacial score (nSPS) is 9.08. The highest BCUT2D eigenvalue weighted by Crippen LogP contribution is 2.00. The molecule has 0 aliphatic carbocycles. The summed E-state index contributed by atoms with van der Waals surface area (Å²) in [6, 6.07) is 4.02. The van der Waals surface area contributed by atoms with E-state index in [0.29, 0.717) is 0 Å². The van der Waals surface area contributed by atoms with Crippen LogP contribution >= 0.6 is 0 Å². The number of rotatable bonds is 2. The fourth-order valence-electron chi connectivity index (χ4n) is 1.04. The van der Waals surface area contributed by atoms with Crippen molar-refractivity contribution in [1.29, 1.82) is 0 Å². The molecule has 0 amide bonds. The molecule has 1 rings (SSSR count). The summed E-state index contributed by atoms with van der Waals surface area (Å²) in [5.74, 6) is 6.26. The standard InChI is InChI=1S/C12H15N/c1-3-5-6-7-11-8-9-13-12(4-2)10-11/h8-10H,3-5H2,1-2H3. The van der Waals surface area contributed by atoms with Crippen molar-refractivity contribution in [3.8, 4) is 11.8 Å². The van der Waals surface area contributed by atoms with Crippen molar-refractivity contribution in [2.24, 2.45) is 0 Å². The van der Waals surface area contributed by atoms with Crippen molar-refractivity contribution in [2.75, 3.05) is 0 Å². The van der Waals surface area contributed by atoms with E-state index in [1.165, 1.54) is 0 Å². The summed E-state index contributed by atoms with van der Waals surface area (Å²) >= 11 is 0. The quantitative estimate of drug-likeness (QED) is 0.627. The Morgan fingerprint density at radius 2 is 2.23 bits per heavy atom. The average molecular weight is 173 g/mol. The Bertz CT molecular complexity index is 317. The third-order valence-corrected chi connectivity index (χ3v) is 1.79. The van der Waals surface area contributed by atoms with Crippen LogP contribution < -0.4 is 0 Å². The minimum absolute atomic E-state index is 0.975. The number of unbranched alkanes of at least 4 members (excludes halogenated alkanes) is 1. The van der Waals surface area contributed by atoms with Crippen LogP contribution in [0.5, 0.6) is 0 Å². The number of aromatic nitrogens is 1. The Morgan fingerprint density at radius 1 is 1.38 bits per heavy atom. The molecule has 0 aromatic carbocycles. The van der Waals surface area contributed by atoms with Gasteiger partial charge in [0.05, 0.1) is 0 Å². The van der Waals surface area contributed by atoms with Crippen molar-refractivity contribution in [3.05, 3.63) is 29.6 Å². The average Bonchev–Trinajstić information content (AvgIpc) is 2.19. The molecule has 13 heavy (non-hydrogen) atoms. The van der Waals surface area contributed by atoms with E-state index in [-0.39, 0.29) is 0 Å². The van der Waals surface area contributed by atoms with E-state index in [0.717, 1.165) is 30.5 Å². The van der Waals surface area contributed by atoms with Crippen LogP contribution in [-0.4, -0.2) is 4.98 Å². The molecule has 1 aromatic heterocycles. The van der Waals surface area contributed by atoms with E-state index >= 15 is 0 Å². The fourth-order valence-corrected chi connectivity index (χ4v) is 1.04. The van der Waals surface area contributed by atoms with E-state index in [1.807, 2.05) is 12.3 Å². The molecular formula is C12H15N. The molecule has 0 aliphatic heterocycles. The van der Waals surface area contributed by atoms with Crippen molar-refractivity contribution in [2.45, 2.75) is 33.1 Å². The molecule has 0 saturated heterocycles. The maximum absolute atomic E-state index is 4.22. The number of nitrogens with zero attached hydrogens (tertiary/aromatic N) is 1. The molecule has 1 heterocycles. The number of hydrogen-bond donors (Lipinski definition) is 0. The van der Waals surface area contributed by atoms with Crippen molar-refractivity contribution >= 4 is 0 Å². The first kappa shape index (κ1) is 9.80. The smallest absolute Gasteiger partial charge is 0.0413 e. The topological polar surface area (TPSA) is 12.9 Å². The summed E-state index contributed by atoms with van der Waals surface area (Å²) in [6.07, 6.45) is 4.90. The highest BCUT2D eigenvalue weighted by atomic mass is 14.7. The minimum Gasteiger partial charge on any atom is -0.261 e. The Balaban J connectivity index is 2.73. The molecule has 0 bridgehead atoms. The largest absolute Gasteiger partial charge is 0.261 e. The number of hydrogen-bond acceptors (Lipinski definition) is 1. The van der Waals surface area contributed by atoms with Gasteiger partial charge in [-0.3, -0.25) is 4.98 Å². The summed E-state index contributed by atoms with van der Waals surface area (Å²) in [5.41, 5.74) is 2.20. The summed E-state index contributed by atoms with van der Waals surface area (Å²) in [5, 5.41) is 0. The zero-order valence-electron chi connectivity index (χ0n) is 8.30. The molecule has 1 nitrogen and oxygen atoms in total. The van der Waals surface area contributed by atoms with Gasteiger partial charge >= 0.3 is 0 Å². The Kier molecular flexibility index (Phi) is 4.05. The first-order chi connectivity index (χ1) is 6.36. The van der Waals surface area contributed by atoms with E-state index in [9.17, 15) is 0 Å². The zero-order chi connectivity index (χ0) is 9.52. The predicted molar refractivity (Wildman–Crippen MR) is 55.4 cm³/mol. The lowest BCUT2D eigenvalue weighted by molar-refractivity contribution is 0.983. The molecule has 0 spiro atoms. The second-order valence-electron chi connectivity index (χ2n) is 2.94. The van der Waals surface area contributed by atoms with Crippen LogP contribution in [0.25, 0.3) is 0 Å². The van der Waals surface area contributed by atoms with Crippen molar-refractivity contribution in [3.63, 3.8) is 0 Å². The minimum atomic E-state index is 0.975. The Morgan fingerprint density at radius 3 is 2.92 bits per heavy atom.